The van der Waals surface area contributed by atoms with Gasteiger partial charge in [0.05, 0.1) is 11.7 Å². The topological polar surface area (TPSA) is 49.7 Å². The molecule has 0 aromatic heterocycles. The molecule has 0 radical (unpaired) electrons. The fourth-order valence-corrected chi connectivity index (χ4v) is 6.63. The molecule has 3 aliphatic carbocycles. The zero-order valence-corrected chi connectivity index (χ0v) is 20.3. The number of allylic oxidation sites excluding steroid dienone is 4. The van der Waals surface area contributed by atoms with E-state index in [-0.39, 0.29) is 6.10 Å². The maximum Gasteiger partial charge on any atom is 0.0592 e. The van der Waals surface area contributed by atoms with Gasteiger partial charge in [-0.2, -0.15) is 0 Å². The molecule has 3 heteroatoms. The van der Waals surface area contributed by atoms with Crippen molar-refractivity contribution in [2.75, 3.05) is 13.2 Å². The van der Waals surface area contributed by atoms with Crippen LogP contribution in [-0.2, 0) is 4.74 Å². The van der Waals surface area contributed by atoms with E-state index in [0.29, 0.717) is 11.3 Å². The SMILES string of the molecule is C=C1CC[C@@H](O)C/C1=C/C=C1\CCC[C@@]2(CC)C1CC[C@@H]2CCOCCCC(C)(C)O. The summed E-state index contributed by atoms with van der Waals surface area (Å²) in [7, 11) is 0. The van der Waals surface area contributed by atoms with Crippen LogP contribution in [0.2, 0.25) is 0 Å². The molecule has 0 bridgehead atoms. The first kappa shape index (κ1) is 24.7. The van der Waals surface area contributed by atoms with Gasteiger partial charge in [-0.05, 0) is 114 Å². The molecule has 4 atom stereocenters. The number of aliphatic hydroxyl groups excluding tert-OH is 1. The van der Waals surface area contributed by atoms with Gasteiger partial charge in [0.25, 0.3) is 0 Å². The molecule has 2 N–H and O–H groups in total. The van der Waals surface area contributed by atoms with Gasteiger partial charge in [-0.1, -0.05) is 36.8 Å². The number of hydrogen-bond donors (Lipinski definition) is 2. The summed E-state index contributed by atoms with van der Waals surface area (Å²) in [6, 6.07) is 0. The van der Waals surface area contributed by atoms with Gasteiger partial charge in [-0.3, -0.25) is 0 Å². The Balaban J connectivity index is 1.59. The summed E-state index contributed by atoms with van der Waals surface area (Å²) >= 11 is 0. The van der Waals surface area contributed by atoms with E-state index in [9.17, 15) is 10.2 Å². The van der Waals surface area contributed by atoms with Crippen LogP contribution < -0.4 is 0 Å². The Morgan fingerprint density at radius 3 is 2.71 bits per heavy atom. The van der Waals surface area contributed by atoms with E-state index in [2.05, 4.69) is 25.7 Å². The molecule has 0 heterocycles. The monoisotopic (exact) mass is 430 g/mol. The maximum atomic E-state index is 10.0. The van der Waals surface area contributed by atoms with Crippen LogP contribution in [0.3, 0.4) is 0 Å². The van der Waals surface area contributed by atoms with E-state index in [4.69, 9.17) is 4.74 Å². The molecule has 0 aromatic carbocycles. The smallest absolute Gasteiger partial charge is 0.0592 e. The molecule has 3 aliphatic rings. The third-order valence-corrected chi connectivity index (χ3v) is 8.40. The van der Waals surface area contributed by atoms with E-state index in [0.717, 1.165) is 51.2 Å². The summed E-state index contributed by atoms with van der Waals surface area (Å²) in [4.78, 5) is 0. The number of hydrogen-bond acceptors (Lipinski definition) is 3. The molecule has 0 saturated heterocycles. The summed E-state index contributed by atoms with van der Waals surface area (Å²) < 4.78 is 5.97. The van der Waals surface area contributed by atoms with Crippen molar-refractivity contribution in [2.45, 2.75) is 110 Å². The molecule has 3 nitrogen and oxygen atoms in total. The molecular formula is C28H46O3. The number of ether oxygens (including phenoxy) is 1. The average Bonchev–Trinajstić information content (AvgIpc) is 3.10. The molecule has 3 fully saturated rings. The van der Waals surface area contributed by atoms with Crippen molar-refractivity contribution in [1.29, 1.82) is 0 Å². The zero-order valence-electron chi connectivity index (χ0n) is 20.3. The second kappa shape index (κ2) is 10.8. The van der Waals surface area contributed by atoms with Crippen LogP contribution in [0.1, 0.15) is 97.8 Å². The Labute approximate surface area is 190 Å². The van der Waals surface area contributed by atoms with Crippen LogP contribution >= 0.6 is 0 Å². The summed E-state index contributed by atoms with van der Waals surface area (Å²) in [5.41, 5.74) is 3.97. The molecule has 3 saturated carbocycles. The second-order valence-corrected chi connectivity index (χ2v) is 11.0. The third kappa shape index (κ3) is 6.33. The van der Waals surface area contributed by atoms with Gasteiger partial charge >= 0.3 is 0 Å². The van der Waals surface area contributed by atoms with E-state index < -0.39 is 5.60 Å². The minimum Gasteiger partial charge on any atom is -0.393 e. The van der Waals surface area contributed by atoms with Gasteiger partial charge in [0.1, 0.15) is 0 Å². The quantitative estimate of drug-likeness (QED) is 0.410. The highest BCUT2D eigenvalue weighted by atomic mass is 16.5. The lowest BCUT2D eigenvalue weighted by atomic mass is 9.60. The first-order chi connectivity index (χ1) is 14.7. The van der Waals surface area contributed by atoms with Crippen LogP contribution in [-0.4, -0.2) is 35.1 Å². The van der Waals surface area contributed by atoms with Gasteiger partial charge in [0, 0.05) is 13.2 Å². The standard InChI is InChI=1S/C28H46O3/c1-5-28-17-6-8-22(10-11-23-20-25(29)13-9-21(23)2)26(28)14-12-24(28)15-19-31-18-7-16-27(3,4)30/h10-11,24-26,29-30H,2,5-9,12-20H2,1,3-4H3/b22-10+,23-11-/t24-,25-,26?,28-/m1/s1. The van der Waals surface area contributed by atoms with Gasteiger partial charge < -0.3 is 14.9 Å². The Bertz CT molecular complexity index is 668. The molecule has 0 aromatic rings. The Morgan fingerprint density at radius 2 is 1.97 bits per heavy atom. The summed E-state index contributed by atoms with van der Waals surface area (Å²) in [6.07, 6.45) is 17.7. The average molecular weight is 431 g/mol. The van der Waals surface area contributed by atoms with Crippen LogP contribution in [0.25, 0.3) is 0 Å². The molecule has 0 aliphatic heterocycles. The Morgan fingerprint density at radius 1 is 1.16 bits per heavy atom. The van der Waals surface area contributed by atoms with Gasteiger partial charge in [-0.25, -0.2) is 0 Å². The molecule has 3 rings (SSSR count). The zero-order chi connectivity index (χ0) is 22.5. The van der Waals surface area contributed by atoms with E-state index in [1.54, 1.807) is 5.57 Å². The van der Waals surface area contributed by atoms with Crippen molar-refractivity contribution in [2.24, 2.45) is 17.3 Å². The molecule has 1 unspecified atom stereocenters. The number of aliphatic hydroxyl groups is 2. The van der Waals surface area contributed by atoms with Crippen LogP contribution in [0, 0.1) is 17.3 Å². The van der Waals surface area contributed by atoms with Crippen molar-refractivity contribution in [3.05, 3.63) is 35.5 Å². The highest BCUT2D eigenvalue weighted by molar-refractivity contribution is 5.36. The van der Waals surface area contributed by atoms with Crippen molar-refractivity contribution < 1.29 is 14.9 Å². The number of fused-ring (bicyclic) bond motifs is 1. The van der Waals surface area contributed by atoms with E-state index in [1.165, 1.54) is 56.1 Å². The summed E-state index contributed by atoms with van der Waals surface area (Å²) in [6.45, 7) is 12.0. The Hall–Kier alpha value is -0.900. The molecule has 176 valence electrons. The first-order valence-corrected chi connectivity index (χ1v) is 12.8. The predicted molar refractivity (Wildman–Crippen MR) is 129 cm³/mol. The normalized spacial score (nSPS) is 34.5. The minimum absolute atomic E-state index is 0.199. The van der Waals surface area contributed by atoms with E-state index >= 15 is 0 Å². The highest BCUT2D eigenvalue weighted by Gasteiger charge is 2.50. The summed E-state index contributed by atoms with van der Waals surface area (Å²) in [5.74, 6) is 1.48. The second-order valence-electron chi connectivity index (χ2n) is 11.0. The van der Waals surface area contributed by atoms with Gasteiger partial charge in [0.15, 0.2) is 0 Å². The molecule has 0 amide bonds. The van der Waals surface area contributed by atoms with Crippen LogP contribution in [0.5, 0.6) is 0 Å². The molecular weight excluding hydrogens is 384 g/mol. The highest BCUT2D eigenvalue weighted by Crippen LogP contribution is 2.60. The van der Waals surface area contributed by atoms with Crippen molar-refractivity contribution in [3.8, 4) is 0 Å². The fourth-order valence-electron chi connectivity index (χ4n) is 6.63. The van der Waals surface area contributed by atoms with Gasteiger partial charge in [0.2, 0.25) is 0 Å². The van der Waals surface area contributed by atoms with Crippen molar-refractivity contribution in [3.63, 3.8) is 0 Å². The van der Waals surface area contributed by atoms with Crippen molar-refractivity contribution in [1.82, 2.24) is 0 Å². The lowest BCUT2D eigenvalue weighted by Gasteiger charge is -2.45. The minimum atomic E-state index is -0.587. The third-order valence-electron chi connectivity index (χ3n) is 8.40. The maximum absolute atomic E-state index is 10.0. The van der Waals surface area contributed by atoms with Gasteiger partial charge in [-0.15, -0.1) is 0 Å². The van der Waals surface area contributed by atoms with Crippen LogP contribution in [0.4, 0.5) is 0 Å². The lowest BCUT2D eigenvalue weighted by molar-refractivity contribution is 0.0395. The number of rotatable bonds is 9. The largest absolute Gasteiger partial charge is 0.393 e. The lowest BCUT2D eigenvalue weighted by Crippen LogP contribution is -2.36. The van der Waals surface area contributed by atoms with Crippen LogP contribution in [0.15, 0.2) is 35.5 Å². The van der Waals surface area contributed by atoms with Crippen molar-refractivity contribution >= 4 is 0 Å². The fraction of sp³-hybridized carbons (Fsp3) is 0.786. The Kier molecular flexibility index (Phi) is 8.63. The first-order valence-electron chi connectivity index (χ1n) is 12.8. The molecule has 31 heavy (non-hydrogen) atoms. The predicted octanol–water partition coefficient (Wildman–Crippen LogP) is 6.50. The molecule has 0 spiro atoms. The summed E-state index contributed by atoms with van der Waals surface area (Å²) in [5, 5.41) is 19.9. The van der Waals surface area contributed by atoms with E-state index in [1.807, 2.05) is 13.8 Å².